The fourth-order valence-electron chi connectivity index (χ4n) is 2.11. The molecular formula is C15H13N. The van der Waals surface area contributed by atoms with Gasteiger partial charge in [0.15, 0.2) is 0 Å². The molecule has 1 N–H and O–H groups in total. The molecule has 0 radical (unpaired) electrons. The van der Waals surface area contributed by atoms with E-state index < -0.39 is 0 Å². The number of allylic oxidation sites excluding steroid dienone is 1. The van der Waals surface area contributed by atoms with Crippen molar-refractivity contribution in [2.45, 2.75) is 6.92 Å². The number of hydrogen-bond donors (Lipinski definition) is 1. The van der Waals surface area contributed by atoms with Crippen LogP contribution in [0.25, 0.3) is 27.4 Å². The minimum Gasteiger partial charge on any atom is -0.355 e. The predicted octanol–water partition coefficient (Wildman–Crippen LogP) is 4.35. The van der Waals surface area contributed by atoms with Crippen LogP contribution < -0.4 is 0 Å². The summed E-state index contributed by atoms with van der Waals surface area (Å²) in [6.07, 6.45) is 0. The van der Waals surface area contributed by atoms with Crippen LogP contribution in [-0.4, -0.2) is 4.98 Å². The van der Waals surface area contributed by atoms with Gasteiger partial charge in [0, 0.05) is 21.8 Å². The summed E-state index contributed by atoms with van der Waals surface area (Å²) in [5, 5.41) is 2.55. The number of para-hydroxylation sites is 1. The van der Waals surface area contributed by atoms with Gasteiger partial charge in [-0.05, 0) is 30.7 Å². The van der Waals surface area contributed by atoms with Gasteiger partial charge in [0.2, 0.25) is 0 Å². The van der Waals surface area contributed by atoms with Gasteiger partial charge in [-0.15, -0.1) is 0 Å². The molecule has 0 unspecified atom stereocenters. The van der Waals surface area contributed by atoms with Crippen molar-refractivity contribution in [1.82, 2.24) is 4.98 Å². The smallest absolute Gasteiger partial charge is 0.0465 e. The first kappa shape index (κ1) is 9.22. The molecule has 1 heteroatoms. The summed E-state index contributed by atoms with van der Waals surface area (Å²) in [5.41, 5.74) is 4.69. The molecule has 0 saturated heterocycles. The predicted molar refractivity (Wildman–Crippen MR) is 70.5 cm³/mol. The van der Waals surface area contributed by atoms with Crippen LogP contribution in [0.2, 0.25) is 0 Å². The van der Waals surface area contributed by atoms with Gasteiger partial charge in [-0.2, -0.15) is 0 Å². The van der Waals surface area contributed by atoms with Gasteiger partial charge < -0.3 is 4.98 Å². The molecule has 78 valence electrons. The lowest BCUT2D eigenvalue weighted by molar-refractivity contribution is 1.53. The first-order chi connectivity index (χ1) is 7.75. The Morgan fingerprint density at radius 1 is 1.00 bits per heavy atom. The highest BCUT2D eigenvalue weighted by Crippen LogP contribution is 2.27. The monoisotopic (exact) mass is 207 g/mol. The quantitative estimate of drug-likeness (QED) is 0.610. The second kappa shape index (κ2) is 3.24. The zero-order valence-electron chi connectivity index (χ0n) is 9.25. The SMILES string of the molecule is C=C(C)c1ccc2[nH]c3ccccc3c2c1. The molecule has 0 amide bonds. The van der Waals surface area contributed by atoms with Crippen molar-refractivity contribution in [2.24, 2.45) is 0 Å². The van der Waals surface area contributed by atoms with Crippen LogP contribution in [0, 0.1) is 0 Å². The Kier molecular flexibility index (Phi) is 1.87. The third-order valence-electron chi connectivity index (χ3n) is 3.00. The molecule has 3 rings (SSSR count). The van der Waals surface area contributed by atoms with Gasteiger partial charge in [-0.1, -0.05) is 36.4 Å². The van der Waals surface area contributed by atoms with E-state index in [1.165, 1.54) is 27.4 Å². The minimum atomic E-state index is 1.10. The number of fused-ring (bicyclic) bond motifs is 3. The molecule has 0 aliphatic heterocycles. The summed E-state index contributed by atoms with van der Waals surface area (Å²) in [6.45, 7) is 6.02. The normalized spacial score (nSPS) is 11.1. The molecule has 1 nitrogen and oxygen atoms in total. The third kappa shape index (κ3) is 1.25. The summed E-state index contributed by atoms with van der Waals surface area (Å²) in [4.78, 5) is 3.41. The zero-order valence-corrected chi connectivity index (χ0v) is 9.25. The molecule has 3 aromatic rings. The molecule has 0 bridgehead atoms. The fraction of sp³-hybridized carbons (Fsp3) is 0.0667. The van der Waals surface area contributed by atoms with Crippen molar-refractivity contribution in [3.05, 3.63) is 54.6 Å². The van der Waals surface area contributed by atoms with Crippen LogP contribution >= 0.6 is 0 Å². The van der Waals surface area contributed by atoms with Crippen molar-refractivity contribution in [3.8, 4) is 0 Å². The Morgan fingerprint density at radius 3 is 2.56 bits per heavy atom. The molecule has 0 aliphatic carbocycles. The molecule has 2 aromatic carbocycles. The van der Waals surface area contributed by atoms with Gasteiger partial charge in [0.05, 0.1) is 0 Å². The Balaban J connectivity index is 2.44. The van der Waals surface area contributed by atoms with Crippen LogP contribution in [0.4, 0.5) is 0 Å². The second-order valence-electron chi connectivity index (χ2n) is 4.21. The van der Waals surface area contributed by atoms with Gasteiger partial charge in [-0.3, -0.25) is 0 Å². The average molecular weight is 207 g/mol. The van der Waals surface area contributed by atoms with Crippen LogP contribution in [0.1, 0.15) is 12.5 Å². The highest BCUT2D eigenvalue weighted by molar-refractivity contribution is 6.07. The summed E-state index contributed by atoms with van der Waals surface area (Å²) in [6, 6.07) is 14.8. The lowest BCUT2D eigenvalue weighted by Gasteiger charge is -1.99. The van der Waals surface area contributed by atoms with E-state index in [4.69, 9.17) is 0 Å². The maximum absolute atomic E-state index is 3.99. The highest BCUT2D eigenvalue weighted by atomic mass is 14.7. The standard InChI is InChI=1S/C15H13N/c1-10(2)11-7-8-15-13(9-11)12-5-3-4-6-14(12)16-15/h3-9,16H,1H2,2H3. The topological polar surface area (TPSA) is 15.8 Å². The lowest BCUT2D eigenvalue weighted by Crippen LogP contribution is -1.76. The Bertz CT molecular complexity index is 689. The molecule has 0 atom stereocenters. The van der Waals surface area contributed by atoms with E-state index in [2.05, 4.69) is 54.0 Å². The number of aromatic amines is 1. The maximum atomic E-state index is 3.99. The van der Waals surface area contributed by atoms with Gasteiger partial charge in [0.25, 0.3) is 0 Å². The summed E-state index contributed by atoms with van der Waals surface area (Å²) in [5.74, 6) is 0. The van der Waals surface area contributed by atoms with E-state index in [9.17, 15) is 0 Å². The molecular weight excluding hydrogens is 194 g/mol. The van der Waals surface area contributed by atoms with Crippen LogP contribution in [0.15, 0.2) is 49.0 Å². The molecule has 16 heavy (non-hydrogen) atoms. The molecule has 0 spiro atoms. The lowest BCUT2D eigenvalue weighted by atomic mass is 10.1. The fourth-order valence-corrected chi connectivity index (χ4v) is 2.11. The summed E-state index contributed by atoms with van der Waals surface area (Å²) >= 11 is 0. The zero-order chi connectivity index (χ0) is 11.1. The van der Waals surface area contributed by atoms with Gasteiger partial charge >= 0.3 is 0 Å². The third-order valence-corrected chi connectivity index (χ3v) is 3.00. The van der Waals surface area contributed by atoms with Gasteiger partial charge in [-0.25, -0.2) is 0 Å². The number of nitrogens with one attached hydrogen (secondary N) is 1. The molecule has 1 heterocycles. The average Bonchev–Trinajstić information content (AvgIpc) is 2.66. The first-order valence-corrected chi connectivity index (χ1v) is 5.42. The first-order valence-electron chi connectivity index (χ1n) is 5.42. The van der Waals surface area contributed by atoms with E-state index in [1.54, 1.807) is 0 Å². The largest absolute Gasteiger partial charge is 0.355 e. The molecule has 0 fully saturated rings. The van der Waals surface area contributed by atoms with Crippen molar-refractivity contribution in [3.63, 3.8) is 0 Å². The van der Waals surface area contributed by atoms with E-state index in [0.29, 0.717) is 0 Å². The highest BCUT2D eigenvalue weighted by Gasteiger charge is 2.04. The van der Waals surface area contributed by atoms with E-state index in [1.807, 2.05) is 6.92 Å². The maximum Gasteiger partial charge on any atom is 0.0465 e. The Labute approximate surface area is 94.4 Å². The van der Waals surface area contributed by atoms with E-state index >= 15 is 0 Å². The molecule has 1 aromatic heterocycles. The minimum absolute atomic E-state index is 1.10. The van der Waals surface area contributed by atoms with Crippen LogP contribution in [0.5, 0.6) is 0 Å². The van der Waals surface area contributed by atoms with Crippen molar-refractivity contribution >= 4 is 27.4 Å². The number of H-pyrrole nitrogens is 1. The Hall–Kier alpha value is -2.02. The number of benzene rings is 2. The molecule has 0 aliphatic rings. The van der Waals surface area contributed by atoms with E-state index in [-0.39, 0.29) is 0 Å². The number of hydrogen-bond acceptors (Lipinski definition) is 0. The summed E-state index contributed by atoms with van der Waals surface area (Å²) < 4.78 is 0. The number of aromatic nitrogens is 1. The van der Waals surface area contributed by atoms with Gasteiger partial charge in [0.1, 0.15) is 0 Å². The van der Waals surface area contributed by atoms with Crippen LogP contribution in [0.3, 0.4) is 0 Å². The van der Waals surface area contributed by atoms with E-state index in [0.717, 1.165) is 5.57 Å². The second-order valence-corrected chi connectivity index (χ2v) is 4.21. The van der Waals surface area contributed by atoms with Crippen molar-refractivity contribution < 1.29 is 0 Å². The number of rotatable bonds is 1. The van der Waals surface area contributed by atoms with Crippen molar-refractivity contribution in [1.29, 1.82) is 0 Å². The van der Waals surface area contributed by atoms with Crippen molar-refractivity contribution in [2.75, 3.05) is 0 Å². The van der Waals surface area contributed by atoms with Crippen LogP contribution in [-0.2, 0) is 0 Å². The summed E-state index contributed by atoms with van der Waals surface area (Å²) in [7, 11) is 0. The Morgan fingerprint density at radius 2 is 1.75 bits per heavy atom. The molecule has 0 saturated carbocycles.